The Hall–Kier alpha value is -3.01. The highest BCUT2D eigenvalue weighted by Gasteiger charge is 2.21. The van der Waals surface area contributed by atoms with Gasteiger partial charge in [0.25, 0.3) is 0 Å². The van der Waals surface area contributed by atoms with Gasteiger partial charge in [0, 0.05) is 17.6 Å². The molecule has 0 spiro atoms. The van der Waals surface area contributed by atoms with Crippen LogP contribution in [0.2, 0.25) is 0 Å². The molecule has 0 saturated heterocycles. The SMILES string of the molecule is COc1ccc(OC)c(/C=C2/C=C(Cc3ccccc3)C(=O)O2)c1. The quantitative estimate of drug-likeness (QED) is 0.786. The van der Waals surface area contributed by atoms with Crippen LogP contribution >= 0.6 is 0 Å². The van der Waals surface area contributed by atoms with Gasteiger partial charge < -0.3 is 14.2 Å². The summed E-state index contributed by atoms with van der Waals surface area (Å²) in [7, 11) is 3.20. The van der Waals surface area contributed by atoms with Crippen molar-refractivity contribution >= 4 is 12.0 Å². The molecule has 0 N–H and O–H groups in total. The van der Waals surface area contributed by atoms with Crippen LogP contribution in [-0.4, -0.2) is 20.2 Å². The predicted molar refractivity (Wildman–Crippen MR) is 91.8 cm³/mol. The fourth-order valence-electron chi connectivity index (χ4n) is 2.55. The van der Waals surface area contributed by atoms with Crippen LogP contribution in [0.4, 0.5) is 0 Å². The Labute approximate surface area is 141 Å². The third kappa shape index (κ3) is 3.49. The van der Waals surface area contributed by atoms with Crippen LogP contribution in [0, 0.1) is 0 Å². The van der Waals surface area contributed by atoms with E-state index in [0.29, 0.717) is 29.3 Å². The average molecular weight is 322 g/mol. The van der Waals surface area contributed by atoms with Gasteiger partial charge in [-0.25, -0.2) is 4.79 Å². The summed E-state index contributed by atoms with van der Waals surface area (Å²) < 4.78 is 15.9. The average Bonchev–Trinajstić information content (AvgIpc) is 2.95. The topological polar surface area (TPSA) is 44.8 Å². The molecule has 0 fully saturated rings. The van der Waals surface area contributed by atoms with Crippen molar-refractivity contribution in [3.8, 4) is 11.5 Å². The minimum absolute atomic E-state index is 0.313. The Bertz CT molecular complexity index is 804. The molecule has 24 heavy (non-hydrogen) atoms. The summed E-state index contributed by atoms with van der Waals surface area (Å²) in [5.41, 5.74) is 2.49. The van der Waals surface area contributed by atoms with E-state index in [4.69, 9.17) is 14.2 Å². The highest BCUT2D eigenvalue weighted by molar-refractivity contribution is 5.94. The summed E-state index contributed by atoms with van der Waals surface area (Å²) in [6.45, 7) is 0. The molecule has 1 aliphatic rings. The smallest absolute Gasteiger partial charge is 0.339 e. The van der Waals surface area contributed by atoms with Gasteiger partial charge in [-0.15, -0.1) is 0 Å². The summed E-state index contributed by atoms with van der Waals surface area (Å²) in [6, 6.07) is 15.3. The molecule has 4 heteroatoms. The minimum Gasteiger partial charge on any atom is -0.497 e. The first-order chi connectivity index (χ1) is 11.7. The zero-order valence-corrected chi connectivity index (χ0v) is 13.6. The lowest BCUT2D eigenvalue weighted by molar-refractivity contribution is -0.133. The molecule has 0 aromatic heterocycles. The Morgan fingerprint density at radius 2 is 1.83 bits per heavy atom. The molecule has 0 radical (unpaired) electrons. The molecule has 0 aliphatic carbocycles. The van der Waals surface area contributed by atoms with Crippen molar-refractivity contribution in [2.45, 2.75) is 6.42 Å². The number of carbonyl (C=O) groups is 1. The molecule has 4 nitrogen and oxygen atoms in total. The fourth-order valence-corrected chi connectivity index (χ4v) is 2.55. The maximum absolute atomic E-state index is 12.1. The van der Waals surface area contributed by atoms with Gasteiger partial charge in [-0.1, -0.05) is 30.3 Å². The van der Waals surface area contributed by atoms with Crippen molar-refractivity contribution in [2.75, 3.05) is 14.2 Å². The van der Waals surface area contributed by atoms with Gasteiger partial charge in [-0.05, 0) is 35.9 Å². The number of hydrogen-bond acceptors (Lipinski definition) is 4. The van der Waals surface area contributed by atoms with Gasteiger partial charge >= 0.3 is 5.97 Å². The molecular weight excluding hydrogens is 304 g/mol. The van der Waals surface area contributed by atoms with E-state index in [1.54, 1.807) is 26.4 Å². The summed E-state index contributed by atoms with van der Waals surface area (Å²) in [6.07, 6.45) is 4.09. The van der Waals surface area contributed by atoms with Crippen molar-refractivity contribution in [3.63, 3.8) is 0 Å². The molecule has 0 bridgehead atoms. The van der Waals surface area contributed by atoms with Gasteiger partial charge in [0.2, 0.25) is 0 Å². The molecule has 2 aromatic rings. The lowest BCUT2D eigenvalue weighted by Gasteiger charge is -2.07. The summed E-state index contributed by atoms with van der Waals surface area (Å²) in [5, 5.41) is 0. The van der Waals surface area contributed by atoms with E-state index in [0.717, 1.165) is 11.1 Å². The number of ether oxygens (including phenoxy) is 3. The number of allylic oxidation sites excluding steroid dienone is 1. The first kappa shape index (κ1) is 15.9. The van der Waals surface area contributed by atoms with Crippen LogP contribution in [0.3, 0.4) is 0 Å². The van der Waals surface area contributed by atoms with Gasteiger partial charge in [-0.2, -0.15) is 0 Å². The molecule has 3 rings (SSSR count). The highest BCUT2D eigenvalue weighted by atomic mass is 16.5. The van der Waals surface area contributed by atoms with E-state index in [-0.39, 0.29) is 5.97 Å². The van der Waals surface area contributed by atoms with E-state index in [1.807, 2.05) is 48.5 Å². The standard InChI is InChI=1S/C20H18O4/c1-22-17-8-9-19(23-2)15(11-17)12-18-13-16(20(21)24-18)10-14-6-4-3-5-7-14/h3-9,11-13H,10H2,1-2H3/b18-12-. The van der Waals surface area contributed by atoms with Crippen molar-refractivity contribution < 1.29 is 19.0 Å². The minimum atomic E-state index is -0.313. The van der Waals surface area contributed by atoms with E-state index >= 15 is 0 Å². The van der Waals surface area contributed by atoms with Crippen molar-refractivity contribution in [1.82, 2.24) is 0 Å². The van der Waals surface area contributed by atoms with Crippen LogP contribution in [0.15, 0.2) is 65.9 Å². The van der Waals surface area contributed by atoms with Gasteiger partial charge in [0.1, 0.15) is 17.3 Å². The molecule has 2 aromatic carbocycles. The Morgan fingerprint density at radius 3 is 2.54 bits per heavy atom. The fraction of sp³-hybridized carbons (Fsp3) is 0.150. The van der Waals surface area contributed by atoms with Gasteiger partial charge in [-0.3, -0.25) is 0 Å². The number of esters is 1. The number of cyclic esters (lactones) is 1. The second kappa shape index (κ2) is 7.04. The monoisotopic (exact) mass is 322 g/mol. The maximum Gasteiger partial charge on any atom is 0.339 e. The van der Waals surface area contributed by atoms with E-state index in [1.165, 1.54) is 0 Å². The molecule has 0 amide bonds. The van der Waals surface area contributed by atoms with Gasteiger partial charge in [0.05, 0.1) is 14.2 Å². The van der Waals surface area contributed by atoms with Crippen LogP contribution < -0.4 is 9.47 Å². The van der Waals surface area contributed by atoms with E-state index < -0.39 is 0 Å². The first-order valence-corrected chi connectivity index (χ1v) is 7.60. The van der Waals surface area contributed by atoms with Crippen LogP contribution in [0.25, 0.3) is 6.08 Å². The number of rotatable bonds is 5. The van der Waals surface area contributed by atoms with Crippen molar-refractivity contribution in [1.29, 1.82) is 0 Å². The van der Waals surface area contributed by atoms with Crippen molar-refractivity contribution in [3.05, 3.63) is 77.1 Å². The van der Waals surface area contributed by atoms with Crippen LogP contribution in [0.1, 0.15) is 11.1 Å². The first-order valence-electron chi connectivity index (χ1n) is 7.60. The molecular formula is C20H18O4. The number of benzene rings is 2. The molecule has 0 saturated carbocycles. The zero-order valence-electron chi connectivity index (χ0n) is 13.6. The Morgan fingerprint density at radius 1 is 1.04 bits per heavy atom. The molecule has 1 heterocycles. The largest absolute Gasteiger partial charge is 0.497 e. The van der Waals surface area contributed by atoms with E-state index in [2.05, 4.69) is 0 Å². The Kier molecular flexibility index (Phi) is 4.66. The van der Waals surface area contributed by atoms with Gasteiger partial charge in [0.15, 0.2) is 0 Å². The number of methoxy groups -OCH3 is 2. The lowest BCUT2D eigenvalue weighted by atomic mass is 10.1. The summed E-state index contributed by atoms with van der Waals surface area (Å²) in [5.74, 6) is 1.58. The highest BCUT2D eigenvalue weighted by Crippen LogP contribution is 2.29. The molecule has 0 unspecified atom stereocenters. The molecule has 122 valence electrons. The summed E-state index contributed by atoms with van der Waals surface area (Å²) >= 11 is 0. The Balaban J connectivity index is 1.88. The normalized spacial score (nSPS) is 15.2. The lowest BCUT2D eigenvalue weighted by Crippen LogP contribution is -2.01. The second-order valence-corrected chi connectivity index (χ2v) is 5.38. The number of carbonyl (C=O) groups excluding carboxylic acids is 1. The number of hydrogen-bond donors (Lipinski definition) is 0. The zero-order chi connectivity index (χ0) is 16.9. The van der Waals surface area contributed by atoms with Crippen molar-refractivity contribution in [2.24, 2.45) is 0 Å². The summed E-state index contributed by atoms with van der Waals surface area (Å²) in [4.78, 5) is 12.1. The molecule has 0 atom stereocenters. The van der Waals surface area contributed by atoms with Crippen LogP contribution in [0.5, 0.6) is 11.5 Å². The second-order valence-electron chi connectivity index (χ2n) is 5.38. The third-order valence-electron chi connectivity index (χ3n) is 3.76. The maximum atomic E-state index is 12.1. The molecule has 1 aliphatic heterocycles. The van der Waals surface area contributed by atoms with E-state index in [9.17, 15) is 4.79 Å². The predicted octanol–water partition coefficient (Wildman–Crippen LogP) is 3.77. The third-order valence-corrected chi connectivity index (χ3v) is 3.76. The van der Waals surface area contributed by atoms with Crippen LogP contribution in [-0.2, 0) is 16.0 Å².